The maximum Gasteiger partial charge on any atom is 0.119 e. The van der Waals surface area contributed by atoms with Gasteiger partial charge in [0, 0.05) is 23.7 Å². The molecule has 1 aromatic carbocycles. The minimum absolute atomic E-state index is 0.702. The first-order valence-corrected chi connectivity index (χ1v) is 7.68. The maximum absolute atomic E-state index is 5.90. The normalized spacial score (nSPS) is 10.8. The van der Waals surface area contributed by atoms with Crippen LogP contribution in [0.25, 0.3) is 0 Å². The Labute approximate surface area is 129 Å². The van der Waals surface area contributed by atoms with E-state index in [4.69, 9.17) is 16.3 Å². The van der Waals surface area contributed by atoms with Crippen LogP contribution in [0.1, 0.15) is 4.88 Å². The molecule has 1 heterocycles. The summed E-state index contributed by atoms with van der Waals surface area (Å²) in [4.78, 5) is 3.32. The molecule has 0 saturated carbocycles. The number of nitrogens with one attached hydrogen (secondary N) is 1. The van der Waals surface area contributed by atoms with E-state index in [1.54, 1.807) is 11.3 Å². The summed E-state index contributed by atoms with van der Waals surface area (Å²) in [7, 11) is 4.07. The molecule has 0 saturated heterocycles. The third-order valence-electron chi connectivity index (χ3n) is 2.76. The number of nitrogens with zero attached hydrogens (tertiary/aromatic N) is 1. The number of likely N-dealkylation sites (N-methyl/N-ethyl adjacent to an activating group) is 1. The average Bonchev–Trinajstić information content (AvgIpc) is 2.83. The highest BCUT2D eigenvalue weighted by Crippen LogP contribution is 2.23. The lowest BCUT2D eigenvalue weighted by molar-refractivity contribution is 0.261. The quantitative estimate of drug-likeness (QED) is 0.838. The lowest BCUT2D eigenvalue weighted by atomic mass is 10.3. The van der Waals surface area contributed by atoms with Gasteiger partial charge in [-0.15, -0.1) is 11.3 Å². The summed E-state index contributed by atoms with van der Waals surface area (Å²) in [6.07, 6.45) is 0. The molecule has 3 nitrogen and oxygen atoms in total. The number of thiophene rings is 1. The second-order valence-electron chi connectivity index (χ2n) is 4.74. The minimum atomic E-state index is 0.702. The summed E-state index contributed by atoms with van der Waals surface area (Å²) >= 11 is 7.50. The molecule has 0 bridgehead atoms. The third kappa shape index (κ3) is 5.04. The topological polar surface area (TPSA) is 24.5 Å². The summed E-state index contributed by atoms with van der Waals surface area (Å²) in [5.41, 5.74) is 1.08. The van der Waals surface area contributed by atoms with E-state index in [0.29, 0.717) is 6.61 Å². The molecule has 0 atom stereocenters. The van der Waals surface area contributed by atoms with Crippen LogP contribution in [0.3, 0.4) is 0 Å². The minimum Gasteiger partial charge on any atom is -0.492 e. The molecule has 1 N–H and O–H groups in total. The van der Waals surface area contributed by atoms with E-state index in [9.17, 15) is 0 Å². The molecular formula is C15H19ClN2OS. The van der Waals surface area contributed by atoms with Gasteiger partial charge in [-0.2, -0.15) is 0 Å². The van der Waals surface area contributed by atoms with Gasteiger partial charge in [-0.05, 0) is 50.5 Å². The fraction of sp³-hybridized carbons (Fsp3) is 0.333. The van der Waals surface area contributed by atoms with E-state index in [-0.39, 0.29) is 0 Å². The van der Waals surface area contributed by atoms with Crippen molar-refractivity contribution in [3.63, 3.8) is 0 Å². The van der Waals surface area contributed by atoms with Crippen molar-refractivity contribution >= 4 is 28.6 Å². The molecule has 0 spiro atoms. The zero-order chi connectivity index (χ0) is 14.4. The Morgan fingerprint density at radius 1 is 1.15 bits per heavy atom. The first-order chi connectivity index (χ1) is 9.63. The van der Waals surface area contributed by atoms with Gasteiger partial charge in [0.25, 0.3) is 0 Å². The summed E-state index contributed by atoms with van der Waals surface area (Å²) < 4.78 is 6.48. The van der Waals surface area contributed by atoms with E-state index in [1.165, 1.54) is 4.88 Å². The van der Waals surface area contributed by atoms with Crippen LogP contribution in [0, 0.1) is 0 Å². The van der Waals surface area contributed by atoms with Crippen molar-refractivity contribution in [3.05, 3.63) is 45.6 Å². The Balaban J connectivity index is 1.79. The van der Waals surface area contributed by atoms with Crippen LogP contribution in [-0.2, 0) is 6.54 Å². The number of halogens is 1. The number of ether oxygens (including phenoxy) is 1. The molecule has 0 amide bonds. The Hall–Kier alpha value is -1.23. The van der Waals surface area contributed by atoms with Crippen LogP contribution in [0.5, 0.6) is 5.75 Å². The fourth-order valence-corrected chi connectivity index (χ4v) is 2.68. The smallest absolute Gasteiger partial charge is 0.119 e. The van der Waals surface area contributed by atoms with Gasteiger partial charge in [-0.1, -0.05) is 11.6 Å². The van der Waals surface area contributed by atoms with E-state index in [2.05, 4.69) is 10.2 Å². The van der Waals surface area contributed by atoms with Gasteiger partial charge in [0.15, 0.2) is 0 Å². The second kappa shape index (κ2) is 7.53. The van der Waals surface area contributed by atoms with Gasteiger partial charge in [-0.3, -0.25) is 0 Å². The highest BCUT2D eigenvalue weighted by atomic mass is 35.5. The van der Waals surface area contributed by atoms with Crippen LogP contribution in [0.15, 0.2) is 36.4 Å². The Bertz CT molecular complexity index is 525. The number of anilines is 1. The zero-order valence-corrected chi connectivity index (χ0v) is 13.3. The van der Waals surface area contributed by atoms with E-state index in [0.717, 1.165) is 28.9 Å². The summed E-state index contributed by atoms with van der Waals surface area (Å²) in [5.74, 6) is 0.900. The monoisotopic (exact) mass is 310 g/mol. The molecular weight excluding hydrogens is 292 g/mol. The van der Waals surface area contributed by atoms with Gasteiger partial charge in [0.1, 0.15) is 12.4 Å². The molecule has 108 valence electrons. The maximum atomic E-state index is 5.90. The van der Waals surface area contributed by atoms with Crippen LogP contribution >= 0.6 is 22.9 Å². The fourth-order valence-electron chi connectivity index (χ4n) is 1.65. The van der Waals surface area contributed by atoms with Crippen LogP contribution < -0.4 is 10.1 Å². The number of hydrogen-bond acceptors (Lipinski definition) is 4. The standard InChI is InChI=1S/C15H19ClN2OS/c1-18(2)9-10-19-13-5-3-12(4-6-13)17-11-14-7-8-15(16)20-14/h3-8,17H,9-11H2,1-2H3. The molecule has 2 aromatic rings. The molecule has 20 heavy (non-hydrogen) atoms. The highest BCUT2D eigenvalue weighted by molar-refractivity contribution is 7.16. The molecule has 0 aliphatic heterocycles. The predicted molar refractivity (Wildman–Crippen MR) is 87.1 cm³/mol. The largest absolute Gasteiger partial charge is 0.492 e. The van der Waals surface area contributed by atoms with Gasteiger partial charge >= 0.3 is 0 Å². The van der Waals surface area contributed by atoms with Crippen LogP contribution in [0.2, 0.25) is 4.34 Å². The molecule has 0 unspecified atom stereocenters. The van der Waals surface area contributed by atoms with E-state index < -0.39 is 0 Å². The second-order valence-corrected chi connectivity index (χ2v) is 6.54. The lowest BCUT2D eigenvalue weighted by Crippen LogP contribution is -2.19. The number of benzene rings is 1. The number of hydrogen-bond donors (Lipinski definition) is 1. The Kier molecular flexibility index (Phi) is 5.71. The van der Waals surface area contributed by atoms with Crippen molar-refractivity contribution in [2.24, 2.45) is 0 Å². The Morgan fingerprint density at radius 3 is 2.50 bits per heavy atom. The first kappa shape index (κ1) is 15.2. The molecule has 5 heteroatoms. The van der Waals surface area contributed by atoms with Crippen LogP contribution in [-0.4, -0.2) is 32.1 Å². The Morgan fingerprint density at radius 2 is 1.90 bits per heavy atom. The van der Waals surface area contributed by atoms with Gasteiger partial charge < -0.3 is 15.0 Å². The molecule has 0 aliphatic carbocycles. The highest BCUT2D eigenvalue weighted by Gasteiger charge is 1.99. The van der Waals surface area contributed by atoms with Crippen molar-refractivity contribution in [2.45, 2.75) is 6.54 Å². The zero-order valence-electron chi connectivity index (χ0n) is 11.7. The first-order valence-electron chi connectivity index (χ1n) is 6.49. The average molecular weight is 311 g/mol. The summed E-state index contributed by atoms with van der Waals surface area (Å²) in [6, 6.07) is 12.0. The van der Waals surface area contributed by atoms with Gasteiger partial charge in [-0.25, -0.2) is 0 Å². The number of rotatable bonds is 7. The van der Waals surface area contributed by atoms with Crippen molar-refractivity contribution in [3.8, 4) is 5.75 Å². The molecule has 2 rings (SSSR count). The van der Waals surface area contributed by atoms with E-state index in [1.807, 2.05) is 50.5 Å². The molecule has 0 fully saturated rings. The summed E-state index contributed by atoms with van der Waals surface area (Å²) in [6.45, 7) is 2.41. The third-order valence-corrected chi connectivity index (χ3v) is 3.99. The van der Waals surface area contributed by atoms with Crippen molar-refractivity contribution < 1.29 is 4.74 Å². The SMILES string of the molecule is CN(C)CCOc1ccc(NCc2ccc(Cl)s2)cc1. The molecule has 1 aromatic heterocycles. The molecule has 0 radical (unpaired) electrons. The van der Waals surface area contributed by atoms with Crippen molar-refractivity contribution in [1.29, 1.82) is 0 Å². The van der Waals surface area contributed by atoms with Crippen molar-refractivity contribution in [2.75, 3.05) is 32.6 Å². The van der Waals surface area contributed by atoms with Crippen molar-refractivity contribution in [1.82, 2.24) is 4.90 Å². The lowest BCUT2D eigenvalue weighted by Gasteiger charge is -2.11. The van der Waals surface area contributed by atoms with Gasteiger partial charge in [0.2, 0.25) is 0 Å². The van der Waals surface area contributed by atoms with Gasteiger partial charge in [0.05, 0.1) is 4.34 Å². The summed E-state index contributed by atoms with van der Waals surface area (Å²) in [5, 5.41) is 3.36. The molecule has 0 aliphatic rings. The van der Waals surface area contributed by atoms with Crippen LogP contribution in [0.4, 0.5) is 5.69 Å². The van der Waals surface area contributed by atoms with E-state index >= 15 is 0 Å². The predicted octanol–water partition coefficient (Wildman–Crippen LogP) is 3.95.